The predicted octanol–water partition coefficient (Wildman–Crippen LogP) is 3.58. The number of ether oxygens (including phenoxy) is 1. The van der Waals surface area contributed by atoms with Gasteiger partial charge in [-0.1, -0.05) is 0 Å². The molecule has 2 N–H and O–H groups in total. The van der Waals surface area contributed by atoms with E-state index in [1.54, 1.807) is 17.0 Å². The second kappa shape index (κ2) is 10.7. The van der Waals surface area contributed by atoms with Crippen molar-refractivity contribution in [2.24, 2.45) is 5.92 Å². The van der Waals surface area contributed by atoms with Crippen LogP contribution in [0.25, 0.3) is 0 Å². The van der Waals surface area contributed by atoms with Crippen LogP contribution in [-0.2, 0) is 11.3 Å². The molecule has 1 amide bonds. The van der Waals surface area contributed by atoms with E-state index in [-0.39, 0.29) is 23.4 Å². The Kier molecular flexibility index (Phi) is 7.73. The number of piperidine rings is 1. The van der Waals surface area contributed by atoms with Gasteiger partial charge < -0.3 is 20.3 Å². The third-order valence-electron chi connectivity index (χ3n) is 5.03. The number of hydrogen-bond acceptors (Lipinski definition) is 7. The zero-order valence-electron chi connectivity index (χ0n) is 17.8. The first-order valence-electron chi connectivity index (χ1n) is 10.4. The molecule has 0 radical (unpaired) electrons. The quantitative estimate of drug-likeness (QED) is 0.697. The molecule has 0 unspecified atom stereocenters. The molecule has 8 nitrogen and oxygen atoms in total. The van der Waals surface area contributed by atoms with Crippen LogP contribution in [0.5, 0.6) is 0 Å². The lowest BCUT2D eigenvalue weighted by molar-refractivity contribution is 0.0653. The molecule has 2 aromatic rings. The SMILES string of the molecule is CC(C)OC(=O)N1CCC(CNCc2cc(Nc3ccc(C#N)cc3F)ncn2)CC1. The van der Waals surface area contributed by atoms with E-state index in [9.17, 15) is 9.18 Å². The van der Waals surface area contributed by atoms with E-state index in [1.165, 1.54) is 18.5 Å². The topological polar surface area (TPSA) is 103 Å². The van der Waals surface area contributed by atoms with Crippen molar-refractivity contribution in [2.45, 2.75) is 39.3 Å². The van der Waals surface area contributed by atoms with Crippen LogP contribution in [-0.4, -0.2) is 46.7 Å². The number of amides is 1. The first-order valence-corrected chi connectivity index (χ1v) is 10.4. The van der Waals surface area contributed by atoms with Crippen molar-refractivity contribution in [3.8, 4) is 6.07 Å². The fraction of sp³-hybridized carbons (Fsp3) is 0.455. The lowest BCUT2D eigenvalue weighted by atomic mass is 9.97. The van der Waals surface area contributed by atoms with Crippen LogP contribution in [0.2, 0.25) is 0 Å². The number of hydrogen-bond donors (Lipinski definition) is 2. The summed E-state index contributed by atoms with van der Waals surface area (Å²) in [6.07, 6.45) is 2.94. The number of likely N-dealkylation sites (tertiary alicyclic amines) is 1. The van der Waals surface area contributed by atoms with E-state index in [0.717, 1.165) is 25.1 Å². The van der Waals surface area contributed by atoms with Crippen molar-refractivity contribution in [3.63, 3.8) is 0 Å². The Morgan fingerprint density at radius 3 is 2.77 bits per heavy atom. The highest BCUT2D eigenvalue weighted by molar-refractivity contribution is 5.67. The fourth-order valence-electron chi connectivity index (χ4n) is 3.39. The van der Waals surface area contributed by atoms with Gasteiger partial charge in [0.15, 0.2) is 0 Å². The number of carbonyl (C=O) groups is 1. The second-order valence-corrected chi connectivity index (χ2v) is 7.82. The number of nitrogens with zero attached hydrogens (tertiary/aromatic N) is 4. The minimum absolute atomic E-state index is 0.104. The minimum atomic E-state index is -0.513. The first kappa shape index (κ1) is 22.4. The number of rotatable bonds is 7. The average molecular weight is 426 g/mol. The van der Waals surface area contributed by atoms with Gasteiger partial charge in [0.25, 0.3) is 0 Å². The molecule has 1 aromatic carbocycles. The van der Waals surface area contributed by atoms with Gasteiger partial charge >= 0.3 is 6.09 Å². The normalized spacial score (nSPS) is 14.4. The smallest absolute Gasteiger partial charge is 0.410 e. The molecular weight excluding hydrogens is 399 g/mol. The monoisotopic (exact) mass is 426 g/mol. The molecule has 0 saturated carbocycles. The molecule has 0 atom stereocenters. The number of carbonyl (C=O) groups excluding carboxylic acids is 1. The molecule has 0 spiro atoms. The molecule has 1 aromatic heterocycles. The van der Waals surface area contributed by atoms with Gasteiger partial charge in [-0.3, -0.25) is 0 Å². The van der Waals surface area contributed by atoms with E-state index >= 15 is 0 Å². The van der Waals surface area contributed by atoms with E-state index in [0.29, 0.717) is 31.4 Å². The van der Waals surface area contributed by atoms with Crippen molar-refractivity contribution in [2.75, 3.05) is 25.0 Å². The molecule has 3 rings (SSSR count). The van der Waals surface area contributed by atoms with Crippen molar-refractivity contribution >= 4 is 17.6 Å². The van der Waals surface area contributed by atoms with Crippen LogP contribution in [0, 0.1) is 23.1 Å². The summed E-state index contributed by atoms with van der Waals surface area (Å²) in [5.74, 6) is 0.448. The van der Waals surface area contributed by atoms with Crippen LogP contribution in [0.3, 0.4) is 0 Å². The molecular formula is C22H27FN6O2. The van der Waals surface area contributed by atoms with Gasteiger partial charge in [0.1, 0.15) is 18.0 Å². The highest BCUT2D eigenvalue weighted by Gasteiger charge is 2.24. The molecule has 1 saturated heterocycles. The summed E-state index contributed by atoms with van der Waals surface area (Å²) in [6, 6.07) is 7.90. The summed E-state index contributed by atoms with van der Waals surface area (Å²) in [5, 5.41) is 15.2. The van der Waals surface area contributed by atoms with E-state index < -0.39 is 5.82 Å². The van der Waals surface area contributed by atoms with Crippen LogP contribution in [0.15, 0.2) is 30.6 Å². The number of benzene rings is 1. The highest BCUT2D eigenvalue weighted by atomic mass is 19.1. The summed E-state index contributed by atoms with van der Waals surface area (Å²) >= 11 is 0. The highest BCUT2D eigenvalue weighted by Crippen LogP contribution is 2.20. The zero-order valence-corrected chi connectivity index (χ0v) is 17.8. The standard InChI is InChI=1S/C22H27FN6O2/c1-15(2)31-22(30)29-7-5-16(6-8-29)12-25-13-18-10-21(27-14-26-18)28-20-4-3-17(11-24)9-19(20)23/h3-4,9-10,14-16,25H,5-8,12-13H2,1-2H3,(H,26,27,28). The molecule has 1 aliphatic heterocycles. The van der Waals surface area contributed by atoms with Crippen LogP contribution in [0.4, 0.5) is 20.7 Å². The lowest BCUT2D eigenvalue weighted by Crippen LogP contribution is -2.41. The van der Waals surface area contributed by atoms with Crippen molar-refractivity contribution < 1.29 is 13.9 Å². The zero-order chi connectivity index (χ0) is 22.2. The number of nitrogens with one attached hydrogen (secondary N) is 2. The third-order valence-corrected chi connectivity index (χ3v) is 5.03. The molecule has 1 fully saturated rings. The molecule has 2 heterocycles. The molecule has 0 bridgehead atoms. The Hall–Kier alpha value is -3.25. The summed E-state index contributed by atoms with van der Waals surface area (Å²) < 4.78 is 19.3. The van der Waals surface area contributed by atoms with Gasteiger partial charge in [0, 0.05) is 25.7 Å². The van der Waals surface area contributed by atoms with E-state index in [4.69, 9.17) is 10.00 Å². The Bertz CT molecular complexity index is 938. The van der Waals surface area contributed by atoms with Gasteiger partial charge in [0.2, 0.25) is 0 Å². The Morgan fingerprint density at radius 1 is 1.32 bits per heavy atom. The number of aromatic nitrogens is 2. The molecule has 9 heteroatoms. The maximum Gasteiger partial charge on any atom is 0.410 e. The molecule has 0 aliphatic carbocycles. The average Bonchev–Trinajstić information content (AvgIpc) is 2.75. The van der Waals surface area contributed by atoms with E-state index in [1.807, 2.05) is 19.9 Å². The summed E-state index contributed by atoms with van der Waals surface area (Å²) in [5.41, 5.74) is 1.29. The lowest BCUT2D eigenvalue weighted by Gasteiger charge is -2.31. The first-order chi connectivity index (χ1) is 14.9. The Labute approximate surface area is 181 Å². The van der Waals surface area contributed by atoms with Crippen LogP contribution < -0.4 is 10.6 Å². The molecule has 164 valence electrons. The van der Waals surface area contributed by atoms with Crippen molar-refractivity contribution in [3.05, 3.63) is 47.7 Å². The molecule has 31 heavy (non-hydrogen) atoms. The van der Waals surface area contributed by atoms with Crippen LogP contribution in [0.1, 0.15) is 37.9 Å². The number of nitriles is 1. The van der Waals surface area contributed by atoms with Crippen LogP contribution >= 0.6 is 0 Å². The summed E-state index contributed by atoms with van der Waals surface area (Å²) in [7, 11) is 0. The maximum absolute atomic E-state index is 14.1. The number of halogens is 1. The Balaban J connectivity index is 1.45. The van der Waals surface area contributed by atoms with Crippen molar-refractivity contribution in [1.29, 1.82) is 5.26 Å². The van der Waals surface area contributed by atoms with Gasteiger partial charge in [-0.25, -0.2) is 19.2 Å². The fourth-order valence-corrected chi connectivity index (χ4v) is 3.39. The Morgan fingerprint density at radius 2 is 2.10 bits per heavy atom. The maximum atomic E-state index is 14.1. The molecule has 1 aliphatic rings. The second-order valence-electron chi connectivity index (χ2n) is 7.82. The summed E-state index contributed by atoms with van der Waals surface area (Å²) in [4.78, 5) is 22.1. The predicted molar refractivity (Wildman–Crippen MR) is 114 cm³/mol. The van der Waals surface area contributed by atoms with Gasteiger partial charge in [-0.2, -0.15) is 5.26 Å². The van der Waals surface area contributed by atoms with Crippen molar-refractivity contribution in [1.82, 2.24) is 20.2 Å². The van der Waals surface area contributed by atoms with Gasteiger partial charge in [-0.05, 0) is 57.4 Å². The van der Waals surface area contributed by atoms with Gasteiger partial charge in [0.05, 0.1) is 29.1 Å². The third kappa shape index (κ3) is 6.62. The number of anilines is 2. The largest absolute Gasteiger partial charge is 0.447 e. The summed E-state index contributed by atoms with van der Waals surface area (Å²) in [6.45, 7) is 6.49. The minimum Gasteiger partial charge on any atom is -0.447 e. The van der Waals surface area contributed by atoms with Gasteiger partial charge in [-0.15, -0.1) is 0 Å². The van der Waals surface area contributed by atoms with E-state index in [2.05, 4.69) is 20.6 Å².